The van der Waals surface area contributed by atoms with E-state index in [9.17, 15) is 13.2 Å². The van der Waals surface area contributed by atoms with E-state index in [-0.39, 0.29) is 11.7 Å². The van der Waals surface area contributed by atoms with Crippen LogP contribution in [0.2, 0.25) is 0 Å². The molecule has 0 spiro atoms. The zero-order valence-electron chi connectivity index (χ0n) is 11.4. The molecule has 0 saturated carbocycles. The fourth-order valence-electron chi connectivity index (χ4n) is 1.51. The van der Waals surface area contributed by atoms with Gasteiger partial charge in [-0.15, -0.1) is 0 Å². The normalized spacial score (nSPS) is 11.4. The van der Waals surface area contributed by atoms with E-state index in [0.717, 1.165) is 32.4 Å². The Balaban J connectivity index is 3.19. The SMILES string of the molecule is CCOC(=O)CCCCCNCCCS(C)(=O)=O. The molecule has 1 N–H and O–H groups in total. The quantitative estimate of drug-likeness (QED) is 0.453. The van der Waals surface area contributed by atoms with Gasteiger partial charge in [0.05, 0.1) is 12.4 Å². The van der Waals surface area contributed by atoms with E-state index in [1.165, 1.54) is 6.26 Å². The zero-order chi connectivity index (χ0) is 13.9. The number of nitrogens with one attached hydrogen (secondary N) is 1. The van der Waals surface area contributed by atoms with Crippen molar-refractivity contribution in [3.63, 3.8) is 0 Å². The molecule has 0 bridgehead atoms. The second kappa shape index (κ2) is 10.3. The van der Waals surface area contributed by atoms with E-state index < -0.39 is 9.84 Å². The van der Waals surface area contributed by atoms with Crippen LogP contribution in [0.5, 0.6) is 0 Å². The van der Waals surface area contributed by atoms with Crippen LogP contribution in [0.25, 0.3) is 0 Å². The molecule has 0 aromatic rings. The molecule has 0 aromatic heterocycles. The van der Waals surface area contributed by atoms with Crippen molar-refractivity contribution in [3.05, 3.63) is 0 Å². The average molecular weight is 279 g/mol. The van der Waals surface area contributed by atoms with Gasteiger partial charge in [-0.1, -0.05) is 6.42 Å². The molecule has 18 heavy (non-hydrogen) atoms. The molecule has 0 aromatic carbocycles. The molecule has 0 atom stereocenters. The fraction of sp³-hybridized carbons (Fsp3) is 0.917. The van der Waals surface area contributed by atoms with Gasteiger partial charge in [-0.2, -0.15) is 0 Å². The van der Waals surface area contributed by atoms with E-state index in [0.29, 0.717) is 19.4 Å². The molecule has 6 heteroatoms. The minimum absolute atomic E-state index is 0.126. The molecule has 0 heterocycles. The summed E-state index contributed by atoms with van der Waals surface area (Å²) in [6.07, 6.45) is 5.23. The molecule has 0 saturated heterocycles. The fourth-order valence-corrected chi connectivity index (χ4v) is 2.18. The molecular weight excluding hydrogens is 254 g/mol. The lowest BCUT2D eigenvalue weighted by Crippen LogP contribution is -2.19. The van der Waals surface area contributed by atoms with Gasteiger partial charge in [0.2, 0.25) is 0 Å². The Bertz CT molecular complexity index is 314. The average Bonchev–Trinajstić information content (AvgIpc) is 2.25. The number of sulfone groups is 1. The first-order valence-corrected chi connectivity index (χ1v) is 8.56. The van der Waals surface area contributed by atoms with Crippen molar-refractivity contribution >= 4 is 15.8 Å². The summed E-state index contributed by atoms with van der Waals surface area (Å²) < 4.78 is 26.5. The molecule has 5 nitrogen and oxygen atoms in total. The third-order valence-corrected chi connectivity index (χ3v) is 3.44. The van der Waals surface area contributed by atoms with Crippen molar-refractivity contribution in [2.45, 2.75) is 39.0 Å². The number of rotatable bonds is 11. The Morgan fingerprint density at radius 2 is 1.78 bits per heavy atom. The monoisotopic (exact) mass is 279 g/mol. The molecule has 0 amide bonds. The molecule has 0 unspecified atom stereocenters. The minimum Gasteiger partial charge on any atom is -0.466 e. The van der Waals surface area contributed by atoms with Gasteiger partial charge in [0, 0.05) is 12.7 Å². The standard InChI is InChI=1S/C12H25NO4S/c1-3-17-12(14)8-5-4-6-9-13-10-7-11-18(2,15)16/h13H,3-11H2,1-2H3. The maximum absolute atomic E-state index is 11.0. The van der Waals surface area contributed by atoms with Gasteiger partial charge in [0.15, 0.2) is 0 Å². The van der Waals surface area contributed by atoms with Crippen molar-refractivity contribution < 1.29 is 17.9 Å². The van der Waals surface area contributed by atoms with Gasteiger partial charge in [-0.05, 0) is 39.3 Å². The van der Waals surface area contributed by atoms with Crippen LogP contribution >= 0.6 is 0 Å². The van der Waals surface area contributed by atoms with Crippen LogP contribution in [0.3, 0.4) is 0 Å². The summed E-state index contributed by atoms with van der Waals surface area (Å²) in [5.74, 6) is 0.113. The van der Waals surface area contributed by atoms with Crippen molar-refractivity contribution in [2.24, 2.45) is 0 Å². The molecule has 0 aliphatic heterocycles. The van der Waals surface area contributed by atoms with Crippen LogP contribution in [0, 0.1) is 0 Å². The van der Waals surface area contributed by atoms with Gasteiger partial charge in [0.1, 0.15) is 9.84 Å². The first-order chi connectivity index (χ1) is 8.45. The van der Waals surface area contributed by atoms with Crippen LogP contribution in [-0.2, 0) is 19.4 Å². The zero-order valence-corrected chi connectivity index (χ0v) is 12.2. The predicted molar refractivity (Wildman–Crippen MR) is 72.3 cm³/mol. The molecular formula is C12H25NO4S. The summed E-state index contributed by atoms with van der Waals surface area (Å²) in [5.41, 5.74) is 0. The van der Waals surface area contributed by atoms with E-state index >= 15 is 0 Å². The predicted octanol–water partition coefficient (Wildman–Crippen LogP) is 1.13. The van der Waals surface area contributed by atoms with E-state index in [1.54, 1.807) is 6.92 Å². The number of hydrogen-bond acceptors (Lipinski definition) is 5. The van der Waals surface area contributed by atoms with Crippen LogP contribution in [-0.4, -0.2) is 46.1 Å². The molecule has 0 aliphatic rings. The lowest BCUT2D eigenvalue weighted by atomic mass is 10.2. The maximum atomic E-state index is 11.0. The molecule has 108 valence electrons. The summed E-state index contributed by atoms with van der Waals surface area (Å²) in [4.78, 5) is 11.0. The number of unbranched alkanes of at least 4 members (excludes halogenated alkanes) is 2. The van der Waals surface area contributed by atoms with Crippen molar-refractivity contribution in [1.29, 1.82) is 0 Å². The number of carbonyl (C=O) groups is 1. The highest BCUT2D eigenvalue weighted by Gasteiger charge is 2.01. The Kier molecular flexibility index (Phi) is 9.96. The molecule has 0 aliphatic carbocycles. The first kappa shape index (κ1) is 17.4. The largest absolute Gasteiger partial charge is 0.466 e. The Morgan fingerprint density at radius 1 is 1.11 bits per heavy atom. The summed E-state index contributed by atoms with van der Waals surface area (Å²) in [5, 5.41) is 3.19. The Hall–Kier alpha value is -0.620. The summed E-state index contributed by atoms with van der Waals surface area (Å²) >= 11 is 0. The first-order valence-electron chi connectivity index (χ1n) is 6.49. The number of esters is 1. The van der Waals surface area contributed by atoms with Crippen molar-refractivity contribution in [2.75, 3.05) is 31.7 Å². The van der Waals surface area contributed by atoms with Crippen LogP contribution in [0.15, 0.2) is 0 Å². The maximum Gasteiger partial charge on any atom is 0.305 e. The molecule has 0 rings (SSSR count). The number of carbonyl (C=O) groups excluding carboxylic acids is 1. The van der Waals surface area contributed by atoms with Gasteiger partial charge in [-0.25, -0.2) is 8.42 Å². The highest BCUT2D eigenvalue weighted by molar-refractivity contribution is 7.90. The van der Waals surface area contributed by atoms with Crippen LogP contribution in [0.1, 0.15) is 39.0 Å². The lowest BCUT2D eigenvalue weighted by molar-refractivity contribution is -0.143. The molecule has 0 radical (unpaired) electrons. The summed E-state index contributed by atoms with van der Waals surface area (Å²) in [6.45, 7) is 3.84. The topological polar surface area (TPSA) is 72.5 Å². The second-order valence-corrected chi connectivity index (χ2v) is 6.61. The highest BCUT2D eigenvalue weighted by Crippen LogP contribution is 2.00. The van der Waals surface area contributed by atoms with Gasteiger partial charge in [0.25, 0.3) is 0 Å². The third-order valence-electron chi connectivity index (χ3n) is 2.41. The van der Waals surface area contributed by atoms with E-state index in [1.807, 2.05) is 0 Å². The van der Waals surface area contributed by atoms with Crippen LogP contribution < -0.4 is 5.32 Å². The number of hydrogen-bond donors (Lipinski definition) is 1. The second-order valence-electron chi connectivity index (χ2n) is 4.35. The summed E-state index contributed by atoms with van der Waals surface area (Å²) in [6, 6.07) is 0. The summed E-state index contributed by atoms with van der Waals surface area (Å²) in [7, 11) is -2.83. The van der Waals surface area contributed by atoms with E-state index in [4.69, 9.17) is 4.74 Å². The Morgan fingerprint density at radius 3 is 2.39 bits per heavy atom. The number of ether oxygens (including phenoxy) is 1. The van der Waals surface area contributed by atoms with Crippen LogP contribution in [0.4, 0.5) is 0 Å². The van der Waals surface area contributed by atoms with Gasteiger partial charge < -0.3 is 10.1 Å². The molecule has 0 fully saturated rings. The van der Waals surface area contributed by atoms with Crippen molar-refractivity contribution in [3.8, 4) is 0 Å². The van der Waals surface area contributed by atoms with Gasteiger partial charge in [-0.3, -0.25) is 4.79 Å². The smallest absolute Gasteiger partial charge is 0.305 e. The van der Waals surface area contributed by atoms with Gasteiger partial charge >= 0.3 is 5.97 Å². The van der Waals surface area contributed by atoms with E-state index in [2.05, 4.69) is 5.32 Å². The van der Waals surface area contributed by atoms with Crippen molar-refractivity contribution in [1.82, 2.24) is 5.32 Å². The minimum atomic E-state index is -2.83. The third kappa shape index (κ3) is 13.4. The Labute approximate surface area is 110 Å². The highest BCUT2D eigenvalue weighted by atomic mass is 32.2. The lowest BCUT2D eigenvalue weighted by Gasteiger charge is -2.04.